The number of nitrogens with zero attached hydrogens (tertiary/aromatic N) is 1. The van der Waals surface area contributed by atoms with Crippen molar-refractivity contribution in [2.24, 2.45) is 11.1 Å². The predicted molar refractivity (Wildman–Crippen MR) is 46.8 cm³/mol. The Hall–Kier alpha value is -0.900. The number of thiazole rings is 1. The zero-order chi connectivity index (χ0) is 8.77. The third-order valence-corrected chi connectivity index (χ3v) is 3.21. The van der Waals surface area contributed by atoms with Gasteiger partial charge in [-0.25, -0.2) is 4.98 Å². The first kappa shape index (κ1) is 7.73. The van der Waals surface area contributed by atoms with E-state index in [1.54, 1.807) is 16.8 Å². The monoisotopic (exact) mass is 182 g/mol. The van der Waals surface area contributed by atoms with Crippen LogP contribution in [0.4, 0.5) is 0 Å². The van der Waals surface area contributed by atoms with Gasteiger partial charge in [0.05, 0.1) is 16.6 Å². The van der Waals surface area contributed by atoms with Crippen molar-refractivity contribution in [3.05, 3.63) is 16.6 Å². The first-order valence-corrected chi connectivity index (χ1v) is 4.77. The van der Waals surface area contributed by atoms with Crippen molar-refractivity contribution in [1.29, 1.82) is 0 Å². The zero-order valence-corrected chi connectivity index (χ0v) is 7.60. The fourth-order valence-electron chi connectivity index (χ4n) is 1.46. The van der Waals surface area contributed by atoms with Gasteiger partial charge in [-0.05, 0) is 6.42 Å². The standard InChI is InChI=1S/C8H10N2OS/c1-8(7(9)11)2-5(8)6-3-12-4-10-6/h3-5H,2H2,1H3,(H2,9,11). The summed E-state index contributed by atoms with van der Waals surface area (Å²) < 4.78 is 0. The molecule has 3 nitrogen and oxygen atoms in total. The number of hydrogen-bond donors (Lipinski definition) is 1. The summed E-state index contributed by atoms with van der Waals surface area (Å²) in [6.07, 6.45) is 0.853. The molecule has 1 aliphatic carbocycles. The number of aromatic nitrogens is 1. The lowest BCUT2D eigenvalue weighted by Crippen LogP contribution is -2.23. The van der Waals surface area contributed by atoms with Crippen molar-refractivity contribution in [3.8, 4) is 0 Å². The minimum absolute atomic E-state index is 0.208. The van der Waals surface area contributed by atoms with Gasteiger partial charge in [0.15, 0.2) is 0 Å². The third kappa shape index (κ3) is 0.948. The highest BCUT2D eigenvalue weighted by molar-refractivity contribution is 7.07. The molecule has 1 aliphatic rings. The first-order valence-electron chi connectivity index (χ1n) is 3.82. The molecular formula is C8H10N2OS. The van der Waals surface area contributed by atoms with Crippen LogP contribution in [-0.2, 0) is 4.79 Å². The highest BCUT2D eigenvalue weighted by Gasteiger charge is 2.56. The van der Waals surface area contributed by atoms with Crippen LogP contribution in [0.1, 0.15) is 25.0 Å². The maximum absolute atomic E-state index is 11.0. The van der Waals surface area contributed by atoms with E-state index in [4.69, 9.17) is 5.73 Å². The molecule has 0 saturated heterocycles. The molecule has 2 atom stereocenters. The molecule has 1 heterocycles. The highest BCUT2D eigenvalue weighted by Crippen LogP contribution is 2.58. The number of carbonyl (C=O) groups is 1. The van der Waals surface area contributed by atoms with E-state index in [0.717, 1.165) is 12.1 Å². The molecule has 2 unspecified atom stereocenters. The molecule has 0 aromatic carbocycles. The second-order valence-electron chi connectivity index (χ2n) is 3.45. The largest absolute Gasteiger partial charge is 0.369 e. The number of hydrogen-bond acceptors (Lipinski definition) is 3. The molecule has 1 amide bonds. The lowest BCUT2D eigenvalue weighted by molar-refractivity contribution is -0.122. The molecule has 1 fully saturated rings. The van der Waals surface area contributed by atoms with E-state index in [9.17, 15) is 4.79 Å². The van der Waals surface area contributed by atoms with Crippen LogP contribution in [0.5, 0.6) is 0 Å². The van der Waals surface area contributed by atoms with Gasteiger partial charge in [0.1, 0.15) is 0 Å². The Morgan fingerprint density at radius 1 is 1.92 bits per heavy atom. The normalized spacial score (nSPS) is 33.2. The summed E-state index contributed by atoms with van der Waals surface area (Å²) in [5, 5.41) is 1.98. The van der Waals surface area contributed by atoms with Crippen LogP contribution >= 0.6 is 11.3 Å². The first-order chi connectivity index (χ1) is 5.64. The van der Waals surface area contributed by atoms with E-state index in [1.807, 2.05) is 12.3 Å². The minimum Gasteiger partial charge on any atom is -0.369 e. The van der Waals surface area contributed by atoms with Gasteiger partial charge in [0, 0.05) is 11.3 Å². The molecule has 4 heteroatoms. The Bertz CT molecular complexity index is 309. The quantitative estimate of drug-likeness (QED) is 0.745. The smallest absolute Gasteiger partial charge is 0.224 e. The molecule has 2 rings (SSSR count). The SMILES string of the molecule is CC1(C(N)=O)CC1c1cscn1. The van der Waals surface area contributed by atoms with Crippen LogP contribution in [-0.4, -0.2) is 10.9 Å². The topological polar surface area (TPSA) is 56.0 Å². The Labute approximate surface area is 74.6 Å². The molecular weight excluding hydrogens is 172 g/mol. The molecule has 1 aromatic rings. The second-order valence-corrected chi connectivity index (χ2v) is 4.17. The summed E-state index contributed by atoms with van der Waals surface area (Å²) in [5.41, 5.74) is 7.74. The van der Waals surface area contributed by atoms with Gasteiger partial charge in [0.2, 0.25) is 5.91 Å². The highest BCUT2D eigenvalue weighted by atomic mass is 32.1. The molecule has 0 aliphatic heterocycles. The van der Waals surface area contributed by atoms with Crippen molar-refractivity contribution in [3.63, 3.8) is 0 Å². The van der Waals surface area contributed by atoms with E-state index >= 15 is 0 Å². The number of amides is 1. The summed E-state index contributed by atoms with van der Waals surface area (Å²) in [5.74, 6) is 0.0572. The Morgan fingerprint density at radius 2 is 2.67 bits per heavy atom. The number of carbonyl (C=O) groups excluding carboxylic acids is 1. The van der Waals surface area contributed by atoms with Crippen molar-refractivity contribution in [2.75, 3.05) is 0 Å². The van der Waals surface area contributed by atoms with Gasteiger partial charge in [-0.15, -0.1) is 11.3 Å². The molecule has 0 spiro atoms. The number of rotatable bonds is 2. The van der Waals surface area contributed by atoms with Crippen molar-refractivity contribution in [1.82, 2.24) is 4.98 Å². The Balaban J connectivity index is 2.19. The van der Waals surface area contributed by atoms with Crippen LogP contribution < -0.4 is 5.73 Å². The minimum atomic E-state index is -0.325. The predicted octanol–water partition coefficient (Wildman–Crippen LogP) is 1.12. The Morgan fingerprint density at radius 3 is 3.08 bits per heavy atom. The van der Waals surface area contributed by atoms with Crippen LogP contribution in [0.25, 0.3) is 0 Å². The van der Waals surface area contributed by atoms with Crippen LogP contribution in [0.2, 0.25) is 0 Å². The lowest BCUT2D eigenvalue weighted by atomic mass is 10.1. The van der Waals surface area contributed by atoms with Crippen LogP contribution in [0.15, 0.2) is 10.9 Å². The fourth-order valence-corrected chi connectivity index (χ4v) is 2.07. The lowest BCUT2D eigenvalue weighted by Gasteiger charge is -2.02. The second kappa shape index (κ2) is 2.29. The summed E-state index contributed by atoms with van der Waals surface area (Å²) >= 11 is 1.56. The van der Waals surface area contributed by atoms with Gasteiger partial charge >= 0.3 is 0 Å². The molecule has 0 bridgehead atoms. The summed E-state index contributed by atoms with van der Waals surface area (Å²) in [6, 6.07) is 0. The van der Waals surface area contributed by atoms with Gasteiger partial charge in [-0.2, -0.15) is 0 Å². The van der Waals surface area contributed by atoms with Crippen molar-refractivity contribution < 1.29 is 4.79 Å². The van der Waals surface area contributed by atoms with Gasteiger partial charge in [-0.3, -0.25) is 4.79 Å². The fraction of sp³-hybridized carbons (Fsp3) is 0.500. The van der Waals surface area contributed by atoms with E-state index in [-0.39, 0.29) is 17.2 Å². The third-order valence-electron chi connectivity index (χ3n) is 2.61. The summed E-state index contributed by atoms with van der Waals surface area (Å²) in [7, 11) is 0. The van der Waals surface area contributed by atoms with Crippen molar-refractivity contribution >= 4 is 17.2 Å². The van der Waals surface area contributed by atoms with Crippen LogP contribution in [0.3, 0.4) is 0 Å². The average Bonchev–Trinajstić information content (AvgIpc) is 2.49. The van der Waals surface area contributed by atoms with E-state index in [0.29, 0.717) is 0 Å². The number of nitrogens with two attached hydrogens (primary N) is 1. The van der Waals surface area contributed by atoms with Crippen LogP contribution in [0, 0.1) is 5.41 Å². The molecule has 64 valence electrons. The van der Waals surface area contributed by atoms with E-state index < -0.39 is 0 Å². The molecule has 0 radical (unpaired) electrons. The molecule has 1 aromatic heterocycles. The summed E-state index contributed by atoms with van der Waals surface area (Å²) in [4.78, 5) is 15.2. The van der Waals surface area contributed by atoms with Gasteiger partial charge < -0.3 is 5.73 Å². The maximum Gasteiger partial charge on any atom is 0.224 e. The molecule has 2 N–H and O–H groups in total. The van der Waals surface area contributed by atoms with Crippen molar-refractivity contribution in [2.45, 2.75) is 19.3 Å². The van der Waals surface area contributed by atoms with E-state index in [2.05, 4.69) is 4.98 Å². The zero-order valence-electron chi connectivity index (χ0n) is 6.78. The summed E-state index contributed by atoms with van der Waals surface area (Å²) in [6.45, 7) is 1.90. The Kier molecular flexibility index (Phi) is 1.48. The van der Waals surface area contributed by atoms with Gasteiger partial charge in [0.25, 0.3) is 0 Å². The molecule has 12 heavy (non-hydrogen) atoms. The maximum atomic E-state index is 11.0. The van der Waals surface area contributed by atoms with E-state index in [1.165, 1.54) is 0 Å². The molecule has 1 saturated carbocycles. The van der Waals surface area contributed by atoms with Gasteiger partial charge in [-0.1, -0.05) is 6.92 Å². The average molecular weight is 182 g/mol. The number of primary amides is 1.